The maximum absolute atomic E-state index is 11.6. The molecule has 1 rings (SSSR count). The van der Waals surface area contributed by atoms with Crippen LogP contribution in [0.3, 0.4) is 0 Å². The van der Waals surface area contributed by atoms with Gasteiger partial charge in [0.1, 0.15) is 0 Å². The van der Waals surface area contributed by atoms with Gasteiger partial charge in [0, 0.05) is 12.3 Å². The standard InChI is InChI=1S/C12H19NO2S/c1-4-11(16(3,14)15)12(13)10-7-5-6-9(2)8-10/h5-8,11-12H,4,13H2,1-3H3. The molecule has 90 valence electrons. The van der Waals surface area contributed by atoms with Gasteiger partial charge in [0.15, 0.2) is 9.84 Å². The average molecular weight is 241 g/mol. The Morgan fingerprint density at radius 3 is 2.44 bits per heavy atom. The molecule has 0 saturated heterocycles. The van der Waals surface area contributed by atoms with Crippen LogP contribution in [0.5, 0.6) is 0 Å². The molecule has 0 saturated carbocycles. The molecule has 0 fully saturated rings. The predicted octanol–water partition coefficient (Wildman–Crippen LogP) is 1.82. The summed E-state index contributed by atoms with van der Waals surface area (Å²) in [7, 11) is -3.10. The zero-order valence-corrected chi connectivity index (χ0v) is 10.8. The number of benzene rings is 1. The Bertz CT molecular complexity index is 454. The Labute approximate surface area is 97.6 Å². The third-order valence-electron chi connectivity index (χ3n) is 2.78. The Morgan fingerprint density at radius 1 is 1.38 bits per heavy atom. The largest absolute Gasteiger partial charge is 0.323 e. The zero-order chi connectivity index (χ0) is 12.3. The van der Waals surface area contributed by atoms with Gasteiger partial charge in [-0.1, -0.05) is 36.8 Å². The van der Waals surface area contributed by atoms with E-state index in [4.69, 9.17) is 5.73 Å². The van der Waals surface area contributed by atoms with E-state index in [-0.39, 0.29) is 0 Å². The van der Waals surface area contributed by atoms with Crippen molar-refractivity contribution in [1.82, 2.24) is 0 Å². The summed E-state index contributed by atoms with van der Waals surface area (Å²) in [6, 6.07) is 7.25. The van der Waals surface area contributed by atoms with E-state index >= 15 is 0 Å². The van der Waals surface area contributed by atoms with Crippen molar-refractivity contribution >= 4 is 9.84 Å². The highest BCUT2D eigenvalue weighted by molar-refractivity contribution is 7.91. The van der Waals surface area contributed by atoms with Gasteiger partial charge in [-0.25, -0.2) is 8.42 Å². The molecule has 0 heterocycles. The Morgan fingerprint density at radius 2 is 2.00 bits per heavy atom. The van der Waals surface area contributed by atoms with Crippen LogP contribution in [0.25, 0.3) is 0 Å². The van der Waals surface area contributed by atoms with Crippen LogP contribution in [-0.4, -0.2) is 19.9 Å². The molecule has 2 unspecified atom stereocenters. The van der Waals surface area contributed by atoms with Crippen LogP contribution in [0.4, 0.5) is 0 Å². The van der Waals surface area contributed by atoms with E-state index in [2.05, 4.69) is 0 Å². The Hall–Kier alpha value is -0.870. The van der Waals surface area contributed by atoms with Crippen molar-refractivity contribution in [3.8, 4) is 0 Å². The topological polar surface area (TPSA) is 60.2 Å². The molecule has 0 amide bonds. The van der Waals surface area contributed by atoms with Gasteiger partial charge in [-0.15, -0.1) is 0 Å². The fourth-order valence-corrected chi connectivity index (χ4v) is 3.21. The Kier molecular flexibility index (Phi) is 4.10. The van der Waals surface area contributed by atoms with E-state index in [0.717, 1.165) is 11.1 Å². The monoisotopic (exact) mass is 241 g/mol. The molecule has 0 radical (unpaired) electrons. The molecule has 2 atom stereocenters. The van der Waals surface area contributed by atoms with Crippen LogP contribution in [0.1, 0.15) is 30.5 Å². The lowest BCUT2D eigenvalue weighted by atomic mass is 10.0. The molecule has 0 aliphatic heterocycles. The Balaban J connectivity index is 3.05. The fourth-order valence-electron chi connectivity index (χ4n) is 1.92. The minimum Gasteiger partial charge on any atom is -0.323 e. The number of sulfone groups is 1. The van der Waals surface area contributed by atoms with Crippen molar-refractivity contribution in [2.75, 3.05) is 6.26 Å². The summed E-state index contributed by atoms with van der Waals surface area (Å²) in [5.74, 6) is 0. The van der Waals surface area contributed by atoms with Gasteiger partial charge in [-0.3, -0.25) is 0 Å². The van der Waals surface area contributed by atoms with Gasteiger partial charge in [0.25, 0.3) is 0 Å². The summed E-state index contributed by atoms with van der Waals surface area (Å²) in [5.41, 5.74) is 8.01. The molecule has 0 aliphatic rings. The first-order valence-corrected chi connectivity index (χ1v) is 7.32. The zero-order valence-electron chi connectivity index (χ0n) is 9.97. The van der Waals surface area contributed by atoms with E-state index in [0.29, 0.717) is 6.42 Å². The summed E-state index contributed by atoms with van der Waals surface area (Å²) in [5, 5.41) is -0.505. The average Bonchev–Trinajstić information content (AvgIpc) is 2.16. The first-order valence-electron chi connectivity index (χ1n) is 5.37. The van der Waals surface area contributed by atoms with Gasteiger partial charge in [0.05, 0.1) is 5.25 Å². The summed E-state index contributed by atoms with van der Waals surface area (Å²) >= 11 is 0. The number of aryl methyl sites for hydroxylation is 1. The van der Waals surface area contributed by atoms with Crippen molar-refractivity contribution in [2.45, 2.75) is 31.6 Å². The second kappa shape index (κ2) is 4.97. The lowest BCUT2D eigenvalue weighted by molar-refractivity contribution is 0.553. The molecule has 4 heteroatoms. The third-order valence-corrected chi connectivity index (χ3v) is 4.51. The van der Waals surface area contributed by atoms with Crippen molar-refractivity contribution in [1.29, 1.82) is 0 Å². The summed E-state index contributed by atoms with van der Waals surface area (Å²) in [4.78, 5) is 0. The van der Waals surface area contributed by atoms with E-state index < -0.39 is 21.1 Å². The summed E-state index contributed by atoms with van der Waals surface area (Å²) in [6.07, 6.45) is 1.78. The maximum atomic E-state index is 11.6. The fraction of sp³-hybridized carbons (Fsp3) is 0.500. The van der Waals surface area contributed by atoms with Crippen LogP contribution < -0.4 is 5.73 Å². The molecule has 0 aliphatic carbocycles. The molecule has 0 spiro atoms. The van der Waals surface area contributed by atoms with Crippen molar-refractivity contribution in [2.24, 2.45) is 5.73 Å². The molecule has 16 heavy (non-hydrogen) atoms. The number of nitrogens with two attached hydrogens (primary N) is 1. The second-order valence-electron chi connectivity index (χ2n) is 4.22. The smallest absolute Gasteiger partial charge is 0.152 e. The van der Waals surface area contributed by atoms with E-state index in [1.807, 2.05) is 38.1 Å². The van der Waals surface area contributed by atoms with Gasteiger partial charge in [-0.2, -0.15) is 0 Å². The van der Waals surface area contributed by atoms with E-state index in [9.17, 15) is 8.42 Å². The molecular weight excluding hydrogens is 222 g/mol. The maximum Gasteiger partial charge on any atom is 0.152 e. The highest BCUT2D eigenvalue weighted by atomic mass is 32.2. The van der Waals surface area contributed by atoms with Crippen LogP contribution >= 0.6 is 0 Å². The first-order chi connectivity index (χ1) is 7.36. The molecule has 0 bridgehead atoms. The van der Waals surface area contributed by atoms with Crippen LogP contribution in [0.2, 0.25) is 0 Å². The third kappa shape index (κ3) is 3.06. The SMILES string of the molecule is CCC(C(N)c1cccc(C)c1)S(C)(=O)=O. The highest BCUT2D eigenvalue weighted by Crippen LogP contribution is 2.22. The lowest BCUT2D eigenvalue weighted by Crippen LogP contribution is -2.32. The van der Waals surface area contributed by atoms with E-state index in [1.54, 1.807) is 0 Å². The summed E-state index contributed by atoms with van der Waals surface area (Å²) < 4.78 is 23.2. The summed E-state index contributed by atoms with van der Waals surface area (Å²) in [6.45, 7) is 3.82. The van der Waals surface area contributed by atoms with Crippen molar-refractivity contribution in [3.63, 3.8) is 0 Å². The molecule has 1 aromatic carbocycles. The normalized spacial score (nSPS) is 15.8. The second-order valence-corrected chi connectivity index (χ2v) is 6.48. The van der Waals surface area contributed by atoms with Crippen LogP contribution in [-0.2, 0) is 9.84 Å². The predicted molar refractivity (Wildman–Crippen MR) is 67.0 cm³/mol. The quantitative estimate of drug-likeness (QED) is 0.874. The lowest BCUT2D eigenvalue weighted by Gasteiger charge is -2.21. The molecule has 0 aromatic heterocycles. The molecule has 3 nitrogen and oxygen atoms in total. The van der Waals surface area contributed by atoms with E-state index in [1.165, 1.54) is 6.26 Å². The highest BCUT2D eigenvalue weighted by Gasteiger charge is 2.26. The number of hydrogen-bond acceptors (Lipinski definition) is 3. The van der Waals surface area contributed by atoms with Crippen LogP contribution in [0.15, 0.2) is 24.3 Å². The minimum atomic E-state index is -3.10. The van der Waals surface area contributed by atoms with Gasteiger partial charge >= 0.3 is 0 Å². The minimum absolute atomic E-state index is 0.445. The van der Waals surface area contributed by atoms with Gasteiger partial charge in [-0.05, 0) is 18.9 Å². The van der Waals surface area contributed by atoms with Gasteiger partial charge in [0.2, 0.25) is 0 Å². The molecule has 2 N–H and O–H groups in total. The van der Waals surface area contributed by atoms with Gasteiger partial charge < -0.3 is 5.73 Å². The number of hydrogen-bond donors (Lipinski definition) is 1. The number of rotatable bonds is 4. The van der Waals surface area contributed by atoms with Crippen LogP contribution in [0, 0.1) is 6.92 Å². The molecule has 1 aromatic rings. The van der Waals surface area contributed by atoms with Crippen molar-refractivity contribution in [3.05, 3.63) is 35.4 Å². The van der Waals surface area contributed by atoms with Crippen molar-refractivity contribution < 1.29 is 8.42 Å². The first kappa shape index (κ1) is 13.2. The molecular formula is C12H19NO2S.